The Balaban J connectivity index is 1.53. The van der Waals surface area contributed by atoms with Gasteiger partial charge in [-0.15, -0.1) is 10.2 Å². The minimum absolute atomic E-state index is 0.130. The topological polar surface area (TPSA) is 112 Å². The average Bonchev–Trinajstić information content (AvgIpc) is 3.29. The van der Waals surface area contributed by atoms with Crippen LogP contribution in [0.4, 0.5) is 0 Å². The molecular formula is C17H19N3O6S2. The lowest BCUT2D eigenvalue weighted by molar-refractivity contribution is -0.140. The zero-order chi connectivity index (χ0) is 19.7. The molecule has 150 valence electrons. The first-order chi connectivity index (χ1) is 13.4. The van der Waals surface area contributed by atoms with Gasteiger partial charge in [-0.1, -0.05) is 6.07 Å². The molecule has 28 heavy (non-hydrogen) atoms. The van der Waals surface area contributed by atoms with Crippen LogP contribution >= 0.6 is 11.8 Å². The van der Waals surface area contributed by atoms with Crippen molar-refractivity contribution in [1.29, 1.82) is 0 Å². The van der Waals surface area contributed by atoms with Gasteiger partial charge in [0.2, 0.25) is 15.9 Å². The van der Waals surface area contributed by atoms with Crippen molar-refractivity contribution in [2.24, 2.45) is 0 Å². The molecule has 11 heteroatoms. The highest BCUT2D eigenvalue weighted by molar-refractivity contribution is 8.00. The number of carbonyl (C=O) groups excluding carboxylic acids is 1. The molecule has 1 aromatic heterocycles. The summed E-state index contributed by atoms with van der Waals surface area (Å²) in [6.07, 6.45) is 0.448. The van der Waals surface area contributed by atoms with E-state index in [1.165, 1.54) is 16.4 Å². The minimum atomic E-state index is -3.62. The number of morpholine rings is 1. The molecule has 2 aliphatic heterocycles. The molecule has 0 saturated carbocycles. The number of thioether (sulfide) groups is 1. The van der Waals surface area contributed by atoms with E-state index in [0.29, 0.717) is 38.3 Å². The number of nitrogens with zero attached hydrogens (tertiary/aromatic N) is 3. The van der Waals surface area contributed by atoms with E-state index in [0.717, 1.165) is 11.8 Å². The molecule has 1 aromatic carbocycles. The zero-order valence-corrected chi connectivity index (χ0v) is 16.7. The number of rotatable bonds is 5. The SMILES string of the molecule is C[C@@H]1C[C@@H](Sc2nnc(-c3cccc(S(=O)(=O)N4CCOCC4)c3)o2)C(=O)O1. The van der Waals surface area contributed by atoms with Gasteiger partial charge in [-0.2, -0.15) is 4.31 Å². The van der Waals surface area contributed by atoms with Gasteiger partial charge >= 0.3 is 5.97 Å². The van der Waals surface area contributed by atoms with Crippen LogP contribution in [-0.2, 0) is 24.3 Å². The van der Waals surface area contributed by atoms with Gasteiger partial charge < -0.3 is 13.9 Å². The lowest BCUT2D eigenvalue weighted by atomic mass is 10.2. The standard InChI is InChI=1S/C17H19N3O6S2/c1-11-9-14(16(21)25-11)27-17-19-18-15(26-17)12-3-2-4-13(10-12)28(22,23)20-5-7-24-8-6-20/h2-4,10-11,14H,5-9H2,1H3/t11-,14-/m1/s1. The van der Waals surface area contributed by atoms with Crippen LogP contribution < -0.4 is 0 Å². The summed E-state index contributed by atoms with van der Waals surface area (Å²) in [5, 5.41) is 7.81. The molecule has 2 aromatic rings. The van der Waals surface area contributed by atoms with Crippen LogP contribution in [0.5, 0.6) is 0 Å². The molecule has 0 aliphatic carbocycles. The summed E-state index contributed by atoms with van der Waals surface area (Å²) in [6.45, 7) is 3.24. The van der Waals surface area contributed by atoms with Gasteiger partial charge in [-0.25, -0.2) is 8.42 Å². The molecule has 2 aliphatic rings. The summed E-state index contributed by atoms with van der Waals surface area (Å²) >= 11 is 1.16. The van der Waals surface area contributed by atoms with Crippen molar-refractivity contribution in [1.82, 2.24) is 14.5 Å². The summed E-state index contributed by atoms with van der Waals surface area (Å²) < 4.78 is 43.0. The first-order valence-electron chi connectivity index (χ1n) is 8.82. The van der Waals surface area contributed by atoms with Crippen molar-refractivity contribution in [3.63, 3.8) is 0 Å². The number of sulfonamides is 1. The van der Waals surface area contributed by atoms with Crippen LogP contribution in [-0.4, -0.2) is 66.5 Å². The number of esters is 1. The highest BCUT2D eigenvalue weighted by Crippen LogP contribution is 2.33. The number of aromatic nitrogens is 2. The van der Waals surface area contributed by atoms with Gasteiger partial charge in [0, 0.05) is 25.1 Å². The summed E-state index contributed by atoms with van der Waals surface area (Å²) in [5.41, 5.74) is 0.496. The lowest BCUT2D eigenvalue weighted by Crippen LogP contribution is -2.40. The largest absolute Gasteiger partial charge is 0.462 e. The Morgan fingerprint density at radius 1 is 1.21 bits per heavy atom. The molecule has 0 N–H and O–H groups in total. The van der Waals surface area contributed by atoms with Gasteiger partial charge in [0.25, 0.3) is 5.22 Å². The molecule has 2 atom stereocenters. The first kappa shape index (κ1) is 19.4. The third-order valence-electron chi connectivity index (χ3n) is 4.46. The second kappa shape index (κ2) is 7.82. The molecule has 0 spiro atoms. The van der Waals surface area contributed by atoms with E-state index in [2.05, 4.69) is 10.2 Å². The van der Waals surface area contributed by atoms with Crippen molar-refractivity contribution in [2.45, 2.75) is 34.8 Å². The van der Waals surface area contributed by atoms with Gasteiger partial charge in [0.1, 0.15) is 11.4 Å². The van der Waals surface area contributed by atoms with Gasteiger partial charge in [-0.3, -0.25) is 4.79 Å². The Labute approximate surface area is 166 Å². The third kappa shape index (κ3) is 3.93. The van der Waals surface area contributed by atoms with E-state index in [1.54, 1.807) is 12.1 Å². The van der Waals surface area contributed by atoms with Gasteiger partial charge in [-0.05, 0) is 36.9 Å². The molecule has 4 rings (SSSR count). The molecule has 0 radical (unpaired) electrons. The van der Waals surface area contributed by atoms with E-state index in [1.807, 2.05) is 6.92 Å². The lowest BCUT2D eigenvalue weighted by Gasteiger charge is -2.26. The van der Waals surface area contributed by atoms with Crippen molar-refractivity contribution < 1.29 is 27.1 Å². The third-order valence-corrected chi connectivity index (χ3v) is 7.40. The van der Waals surface area contributed by atoms with Crippen LogP contribution in [0, 0.1) is 0 Å². The monoisotopic (exact) mass is 425 g/mol. The Bertz CT molecular complexity index is 971. The van der Waals surface area contributed by atoms with Crippen molar-refractivity contribution >= 4 is 27.8 Å². The Hall–Kier alpha value is -1.95. The fourth-order valence-electron chi connectivity index (χ4n) is 3.04. The van der Waals surface area contributed by atoms with Crippen LogP contribution in [0.2, 0.25) is 0 Å². The summed E-state index contributed by atoms with van der Waals surface area (Å²) in [4.78, 5) is 11.9. The van der Waals surface area contributed by atoms with E-state index >= 15 is 0 Å². The van der Waals surface area contributed by atoms with Crippen molar-refractivity contribution in [3.8, 4) is 11.5 Å². The van der Waals surface area contributed by atoms with Crippen LogP contribution in [0.25, 0.3) is 11.5 Å². The maximum absolute atomic E-state index is 12.8. The van der Waals surface area contributed by atoms with E-state index < -0.39 is 10.0 Å². The normalized spacial score (nSPS) is 23.7. The highest BCUT2D eigenvalue weighted by atomic mass is 32.2. The fraction of sp³-hybridized carbons (Fsp3) is 0.471. The van der Waals surface area contributed by atoms with Crippen LogP contribution in [0.15, 0.2) is 38.8 Å². The average molecular weight is 425 g/mol. The van der Waals surface area contributed by atoms with E-state index in [4.69, 9.17) is 13.9 Å². The fourth-order valence-corrected chi connectivity index (χ4v) is 5.47. The van der Waals surface area contributed by atoms with Gasteiger partial charge in [0.05, 0.1) is 18.1 Å². The Kier molecular flexibility index (Phi) is 5.41. The quantitative estimate of drug-likeness (QED) is 0.659. The molecule has 0 amide bonds. The summed E-state index contributed by atoms with van der Waals surface area (Å²) in [6, 6.07) is 6.39. The Morgan fingerprint density at radius 3 is 2.71 bits per heavy atom. The smallest absolute Gasteiger partial charge is 0.320 e. The number of hydrogen-bond acceptors (Lipinski definition) is 9. The molecular weight excluding hydrogens is 406 g/mol. The Morgan fingerprint density at radius 2 is 2.00 bits per heavy atom. The molecule has 3 heterocycles. The predicted octanol–water partition coefficient (Wildman–Crippen LogP) is 1.55. The van der Waals surface area contributed by atoms with Crippen LogP contribution in [0.3, 0.4) is 0 Å². The van der Waals surface area contributed by atoms with E-state index in [9.17, 15) is 13.2 Å². The molecule has 0 unspecified atom stereocenters. The number of cyclic esters (lactones) is 1. The maximum Gasteiger partial charge on any atom is 0.320 e. The summed E-state index contributed by atoms with van der Waals surface area (Å²) in [5.74, 6) is -0.100. The molecule has 9 nitrogen and oxygen atoms in total. The minimum Gasteiger partial charge on any atom is -0.462 e. The molecule has 2 fully saturated rings. The first-order valence-corrected chi connectivity index (χ1v) is 11.1. The molecule has 2 saturated heterocycles. The zero-order valence-electron chi connectivity index (χ0n) is 15.1. The van der Waals surface area contributed by atoms with Crippen LogP contribution in [0.1, 0.15) is 13.3 Å². The van der Waals surface area contributed by atoms with Crippen molar-refractivity contribution in [2.75, 3.05) is 26.3 Å². The van der Waals surface area contributed by atoms with Gasteiger partial charge in [0.15, 0.2) is 0 Å². The second-order valence-corrected chi connectivity index (χ2v) is 9.60. The second-order valence-electron chi connectivity index (χ2n) is 6.51. The predicted molar refractivity (Wildman–Crippen MR) is 99.1 cm³/mol. The number of benzene rings is 1. The molecule has 0 bridgehead atoms. The maximum atomic E-state index is 12.8. The van der Waals surface area contributed by atoms with E-state index in [-0.39, 0.29) is 33.3 Å². The van der Waals surface area contributed by atoms with Crippen molar-refractivity contribution in [3.05, 3.63) is 24.3 Å². The number of ether oxygens (including phenoxy) is 2. The highest BCUT2D eigenvalue weighted by Gasteiger charge is 2.34. The summed E-state index contributed by atoms with van der Waals surface area (Å²) in [7, 11) is -3.62. The number of carbonyl (C=O) groups is 1. The number of hydrogen-bond donors (Lipinski definition) is 0.